The molecule has 1 saturated heterocycles. The van der Waals surface area contributed by atoms with Crippen molar-refractivity contribution in [2.75, 3.05) is 25.5 Å². The molecule has 1 aliphatic rings. The third-order valence-electron chi connectivity index (χ3n) is 4.02. The largest absolute Gasteiger partial charge is 0.497 e. The van der Waals surface area contributed by atoms with E-state index < -0.39 is 0 Å². The Morgan fingerprint density at radius 1 is 1.32 bits per heavy atom. The molecule has 0 aliphatic carbocycles. The molecule has 2 aromatic heterocycles. The van der Waals surface area contributed by atoms with Gasteiger partial charge in [0.2, 0.25) is 11.7 Å². The molecule has 0 atom stereocenters. The number of amides is 2. The van der Waals surface area contributed by atoms with E-state index in [1.807, 2.05) is 18.2 Å². The van der Waals surface area contributed by atoms with Crippen molar-refractivity contribution in [2.24, 2.45) is 0 Å². The number of benzene rings is 1. The molecule has 0 unspecified atom stereocenters. The quantitative estimate of drug-likeness (QED) is 0.785. The number of anilines is 1. The Bertz CT molecular complexity index is 868. The van der Waals surface area contributed by atoms with Crippen molar-refractivity contribution in [1.29, 1.82) is 0 Å². The van der Waals surface area contributed by atoms with Gasteiger partial charge in [-0.25, -0.2) is 4.79 Å². The highest BCUT2D eigenvalue weighted by Crippen LogP contribution is 2.28. The summed E-state index contributed by atoms with van der Waals surface area (Å²) >= 11 is 0. The van der Waals surface area contributed by atoms with Crippen LogP contribution in [0.3, 0.4) is 0 Å². The molecule has 1 fully saturated rings. The van der Waals surface area contributed by atoms with Gasteiger partial charge in [0, 0.05) is 24.8 Å². The second-order valence-electron chi connectivity index (χ2n) is 5.70. The van der Waals surface area contributed by atoms with Crippen molar-refractivity contribution in [3.63, 3.8) is 0 Å². The Hall–Kier alpha value is -3.29. The van der Waals surface area contributed by atoms with E-state index in [2.05, 4.69) is 15.5 Å². The molecular weight excluding hydrogens is 324 g/mol. The minimum atomic E-state index is -0.171. The van der Waals surface area contributed by atoms with Crippen molar-refractivity contribution >= 4 is 11.7 Å². The minimum absolute atomic E-state index is 0.0345. The molecule has 2 amide bonds. The standard InChI is InChI=1S/C17H16N4O4/c1-23-13-5-2-4-12(8-13)18-17(22)21-9-11(10-21)16-19-15(20-25-16)14-6-3-7-24-14/h2-8,11H,9-10H2,1H3,(H,18,22). The fourth-order valence-electron chi connectivity index (χ4n) is 2.61. The number of rotatable bonds is 4. The van der Waals surface area contributed by atoms with Crippen molar-refractivity contribution in [1.82, 2.24) is 15.0 Å². The number of likely N-dealkylation sites (tertiary alicyclic amines) is 1. The first kappa shape index (κ1) is 15.3. The van der Waals surface area contributed by atoms with Crippen LogP contribution in [0.4, 0.5) is 10.5 Å². The molecule has 25 heavy (non-hydrogen) atoms. The number of methoxy groups -OCH3 is 1. The predicted octanol–water partition coefficient (Wildman–Crippen LogP) is 2.97. The summed E-state index contributed by atoms with van der Waals surface area (Å²) in [4.78, 5) is 18.3. The molecule has 0 bridgehead atoms. The number of carbonyl (C=O) groups is 1. The molecule has 3 heterocycles. The number of carbonyl (C=O) groups excluding carboxylic acids is 1. The highest BCUT2D eigenvalue weighted by Gasteiger charge is 2.36. The molecule has 128 valence electrons. The molecule has 1 aliphatic heterocycles. The van der Waals surface area contributed by atoms with E-state index in [0.717, 1.165) is 0 Å². The monoisotopic (exact) mass is 340 g/mol. The topological polar surface area (TPSA) is 93.6 Å². The van der Waals surface area contributed by atoms with E-state index in [-0.39, 0.29) is 11.9 Å². The molecule has 0 radical (unpaired) electrons. The normalized spacial score (nSPS) is 14.2. The fourth-order valence-corrected chi connectivity index (χ4v) is 2.61. The fraction of sp³-hybridized carbons (Fsp3) is 0.235. The van der Waals surface area contributed by atoms with E-state index in [4.69, 9.17) is 13.7 Å². The lowest BCUT2D eigenvalue weighted by molar-refractivity contribution is 0.147. The molecule has 4 rings (SSSR count). The first-order chi connectivity index (χ1) is 12.2. The molecule has 0 spiro atoms. The maximum Gasteiger partial charge on any atom is 0.321 e. The molecule has 8 nitrogen and oxygen atoms in total. The first-order valence-electron chi connectivity index (χ1n) is 7.80. The smallest absolute Gasteiger partial charge is 0.321 e. The van der Waals surface area contributed by atoms with Crippen LogP contribution < -0.4 is 10.1 Å². The average Bonchev–Trinajstić information content (AvgIpc) is 3.25. The predicted molar refractivity (Wildman–Crippen MR) is 88.3 cm³/mol. The summed E-state index contributed by atoms with van der Waals surface area (Å²) in [6, 6.07) is 10.6. The third-order valence-corrected chi connectivity index (χ3v) is 4.02. The summed E-state index contributed by atoms with van der Waals surface area (Å²) in [5.74, 6) is 2.21. The van der Waals surface area contributed by atoms with Crippen LogP contribution in [0.15, 0.2) is 51.6 Å². The number of urea groups is 1. The summed E-state index contributed by atoms with van der Waals surface area (Å²) in [7, 11) is 1.59. The number of hydrogen-bond acceptors (Lipinski definition) is 6. The Morgan fingerprint density at radius 2 is 2.20 bits per heavy atom. The van der Waals surface area contributed by atoms with Crippen LogP contribution >= 0.6 is 0 Å². The number of aromatic nitrogens is 2. The van der Waals surface area contributed by atoms with Gasteiger partial charge in [-0.2, -0.15) is 4.98 Å². The van der Waals surface area contributed by atoms with E-state index in [9.17, 15) is 4.79 Å². The van der Waals surface area contributed by atoms with Crippen molar-refractivity contribution < 1.29 is 18.5 Å². The SMILES string of the molecule is COc1cccc(NC(=O)N2CC(c3nc(-c4ccco4)no3)C2)c1. The average molecular weight is 340 g/mol. The Morgan fingerprint density at radius 3 is 2.96 bits per heavy atom. The van der Waals surface area contributed by atoms with E-state index in [1.165, 1.54) is 0 Å². The Balaban J connectivity index is 1.34. The van der Waals surface area contributed by atoms with Crippen LogP contribution in [0.25, 0.3) is 11.6 Å². The van der Waals surface area contributed by atoms with Gasteiger partial charge in [-0.15, -0.1) is 0 Å². The maximum absolute atomic E-state index is 12.3. The van der Waals surface area contributed by atoms with Gasteiger partial charge >= 0.3 is 6.03 Å². The van der Waals surface area contributed by atoms with Gasteiger partial charge < -0.3 is 23.9 Å². The van der Waals surface area contributed by atoms with Gasteiger partial charge in [0.25, 0.3) is 0 Å². The summed E-state index contributed by atoms with van der Waals surface area (Å²) in [6.07, 6.45) is 1.55. The van der Waals surface area contributed by atoms with Crippen LogP contribution in [-0.2, 0) is 0 Å². The maximum atomic E-state index is 12.3. The lowest BCUT2D eigenvalue weighted by Gasteiger charge is -2.36. The zero-order valence-corrected chi connectivity index (χ0v) is 13.5. The number of nitrogens with one attached hydrogen (secondary N) is 1. The third kappa shape index (κ3) is 3.06. The van der Waals surface area contributed by atoms with Gasteiger partial charge in [-0.1, -0.05) is 11.2 Å². The summed E-state index contributed by atoms with van der Waals surface area (Å²) in [5, 5.41) is 6.75. The van der Waals surface area contributed by atoms with Crippen molar-refractivity contribution in [2.45, 2.75) is 5.92 Å². The van der Waals surface area contributed by atoms with E-state index in [0.29, 0.717) is 42.0 Å². The lowest BCUT2D eigenvalue weighted by Crippen LogP contribution is -2.50. The highest BCUT2D eigenvalue weighted by molar-refractivity contribution is 5.90. The van der Waals surface area contributed by atoms with E-state index >= 15 is 0 Å². The molecule has 1 N–H and O–H groups in total. The molecular formula is C17H16N4O4. The number of nitrogens with zero attached hydrogens (tertiary/aromatic N) is 3. The zero-order valence-electron chi connectivity index (χ0n) is 13.5. The van der Waals surface area contributed by atoms with Crippen LogP contribution in [0.1, 0.15) is 11.8 Å². The highest BCUT2D eigenvalue weighted by atomic mass is 16.5. The lowest BCUT2D eigenvalue weighted by atomic mass is 10.0. The van der Waals surface area contributed by atoms with Gasteiger partial charge in [-0.05, 0) is 24.3 Å². The summed E-state index contributed by atoms with van der Waals surface area (Å²) in [6.45, 7) is 1.05. The van der Waals surface area contributed by atoms with E-state index in [1.54, 1.807) is 36.5 Å². The number of hydrogen-bond donors (Lipinski definition) is 1. The van der Waals surface area contributed by atoms with Crippen LogP contribution in [0, 0.1) is 0 Å². The van der Waals surface area contributed by atoms with Crippen molar-refractivity contribution in [3.8, 4) is 17.3 Å². The molecule has 3 aromatic rings. The minimum Gasteiger partial charge on any atom is -0.497 e. The first-order valence-corrected chi connectivity index (χ1v) is 7.80. The summed E-state index contributed by atoms with van der Waals surface area (Å²) in [5.41, 5.74) is 0.686. The van der Waals surface area contributed by atoms with Gasteiger partial charge in [0.15, 0.2) is 5.76 Å². The Labute approximate surface area is 143 Å². The van der Waals surface area contributed by atoms with Gasteiger partial charge in [-0.3, -0.25) is 0 Å². The van der Waals surface area contributed by atoms with Crippen LogP contribution in [0.5, 0.6) is 5.75 Å². The van der Waals surface area contributed by atoms with Gasteiger partial charge in [0.05, 0.1) is 19.3 Å². The number of ether oxygens (including phenoxy) is 1. The molecule has 1 aromatic carbocycles. The van der Waals surface area contributed by atoms with Crippen LogP contribution in [0.2, 0.25) is 0 Å². The Kier molecular flexibility index (Phi) is 3.85. The molecule has 8 heteroatoms. The summed E-state index contributed by atoms with van der Waals surface area (Å²) < 4.78 is 15.7. The van der Waals surface area contributed by atoms with Crippen LogP contribution in [-0.4, -0.2) is 41.3 Å². The zero-order chi connectivity index (χ0) is 17.2. The number of furan rings is 1. The second-order valence-corrected chi connectivity index (χ2v) is 5.70. The molecule has 0 saturated carbocycles. The van der Waals surface area contributed by atoms with Gasteiger partial charge in [0.1, 0.15) is 5.75 Å². The van der Waals surface area contributed by atoms with Crippen molar-refractivity contribution in [3.05, 3.63) is 48.6 Å². The second kappa shape index (κ2) is 6.31.